The van der Waals surface area contributed by atoms with Crippen LogP contribution in [0, 0.1) is 24.2 Å². The van der Waals surface area contributed by atoms with Gasteiger partial charge in [0.1, 0.15) is 6.04 Å². The van der Waals surface area contributed by atoms with E-state index in [1.165, 1.54) is 0 Å². The van der Waals surface area contributed by atoms with Crippen molar-refractivity contribution in [2.75, 3.05) is 25.5 Å². The molecule has 1 saturated heterocycles. The van der Waals surface area contributed by atoms with Gasteiger partial charge < -0.3 is 15.5 Å². The van der Waals surface area contributed by atoms with Crippen LogP contribution < -0.4 is 10.6 Å². The number of carbonyl (C=O) groups excluding carboxylic acids is 1. The first kappa shape index (κ1) is 23.0. The molecule has 2 fully saturated rings. The van der Waals surface area contributed by atoms with Crippen LogP contribution in [0.4, 0.5) is 11.6 Å². The van der Waals surface area contributed by atoms with Crippen LogP contribution in [-0.2, 0) is 0 Å². The standard InChI is InChI=1S/C26H30N8O/c1-17-14-28-26(30-21-15-29-34(16-21)22-9-11-33(2)12-10-22)32-24(17)19-5-7-20(8-6-19)25(35)31-23(13-27)18-3-4-18/h5-8,14-16,18,22-23H,3-4,9-12H2,1-2H3,(H,31,35)(H,28,30,32)/t23-/m1/s1. The molecule has 1 atom stereocenters. The smallest absolute Gasteiger partial charge is 0.252 e. The molecular weight excluding hydrogens is 440 g/mol. The number of hydrogen-bond acceptors (Lipinski definition) is 7. The third-order valence-electron chi connectivity index (χ3n) is 6.83. The first-order chi connectivity index (χ1) is 17.0. The molecule has 1 saturated carbocycles. The molecule has 1 aliphatic carbocycles. The Labute approximate surface area is 205 Å². The third-order valence-corrected chi connectivity index (χ3v) is 6.83. The summed E-state index contributed by atoms with van der Waals surface area (Å²) in [6.45, 7) is 4.13. The molecule has 5 rings (SSSR count). The minimum Gasteiger partial charge on any atom is -0.336 e. The Hall–Kier alpha value is -3.77. The molecule has 1 aliphatic heterocycles. The quantitative estimate of drug-likeness (QED) is 0.542. The van der Waals surface area contributed by atoms with Crippen LogP contribution in [0.25, 0.3) is 11.3 Å². The maximum absolute atomic E-state index is 12.5. The van der Waals surface area contributed by atoms with Gasteiger partial charge in [-0.25, -0.2) is 9.97 Å². The van der Waals surface area contributed by atoms with Crippen LogP contribution in [0.5, 0.6) is 0 Å². The zero-order valence-corrected chi connectivity index (χ0v) is 20.1. The molecule has 0 radical (unpaired) electrons. The average Bonchev–Trinajstić information content (AvgIpc) is 3.62. The highest BCUT2D eigenvalue weighted by Crippen LogP contribution is 2.32. The summed E-state index contributed by atoms with van der Waals surface area (Å²) in [6, 6.07) is 9.50. The number of hydrogen-bond donors (Lipinski definition) is 2. The van der Waals surface area contributed by atoms with Crippen LogP contribution >= 0.6 is 0 Å². The van der Waals surface area contributed by atoms with Gasteiger partial charge in [-0.05, 0) is 76.4 Å². The predicted octanol–water partition coefficient (Wildman–Crippen LogP) is 3.69. The van der Waals surface area contributed by atoms with Crippen molar-refractivity contribution in [1.82, 2.24) is 30.0 Å². The van der Waals surface area contributed by atoms with Crippen molar-refractivity contribution in [2.45, 2.75) is 44.7 Å². The number of anilines is 2. The first-order valence-corrected chi connectivity index (χ1v) is 12.1. The van der Waals surface area contributed by atoms with Gasteiger partial charge in [0, 0.05) is 23.5 Å². The van der Waals surface area contributed by atoms with Gasteiger partial charge >= 0.3 is 0 Å². The van der Waals surface area contributed by atoms with Gasteiger partial charge in [0.15, 0.2) is 0 Å². The molecule has 2 aliphatic rings. The molecule has 180 valence electrons. The SMILES string of the molecule is Cc1cnc(Nc2cnn(C3CCN(C)CC3)c2)nc1-c1ccc(C(=O)N[C@H](C#N)C2CC2)cc1. The van der Waals surface area contributed by atoms with Gasteiger partial charge in [-0.2, -0.15) is 10.4 Å². The third kappa shape index (κ3) is 5.33. The lowest BCUT2D eigenvalue weighted by atomic mass is 10.1. The number of nitrogens with one attached hydrogen (secondary N) is 2. The molecule has 0 unspecified atom stereocenters. The fourth-order valence-corrected chi connectivity index (χ4v) is 4.47. The predicted molar refractivity (Wildman–Crippen MR) is 133 cm³/mol. The molecule has 2 aromatic heterocycles. The Bertz CT molecular complexity index is 1230. The van der Waals surface area contributed by atoms with E-state index < -0.39 is 6.04 Å². The van der Waals surface area contributed by atoms with Gasteiger partial charge in [-0.15, -0.1) is 0 Å². The second-order valence-electron chi connectivity index (χ2n) is 9.59. The highest BCUT2D eigenvalue weighted by atomic mass is 16.1. The topological polar surface area (TPSA) is 112 Å². The molecule has 3 heterocycles. The fourth-order valence-electron chi connectivity index (χ4n) is 4.47. The van der Waals surface area contributed by atoms with Crippen molar-refractivity contribution in [3.63, 3.8) is 0 Å². The molecule has 35 heavy (non-hydrogen) atoms. The summed E-state index contributed by atoms with van der Waals surface area (Å²) >= 11 is 0. The number of likely N-dealkylation sites (tertiary alicyclic amines) is 1. The number of piperidine rings is 1. The van der Waals surface area contributed by atoms with E-state index in [0.717, 1.165) is 61.3 Å². The van der Waals surface area contributed by atoms with E-state index in [-0.39, 0.29) is 11.8 Å². The van der Waals surface area contributed by atoms with Crippen LogP contribution in [-0.4, -0.2) is 56.7 Å². The number of benzene rings is 1. The number of carbonyl (C=O) groups is 1. The highest BCUT2D eigenvalue weighted by molar-refractivity contribution is 5.95. The van der Waals surface area contributed by atoms with Crippen LogP contribution in [0.1, 0.15) is 47.6 Å². The zero-order valence-electron chi connectivity index (χ0n) is 20.1. The molecule has 2 N–H and O–H groups in total. The van der Waals surface area contributed by atoms with E-state index >= 15 is 0 Å². The largest absolute Gasteiger partial charge is 0.336 e. The average molecular weight is 471 g/mol. The summed E-state index contributed by atoms with van der Waals surface area (Å²) in [6.07, 6.45) is 9.80. The zero-order chi connectivity index (χ0) is 24.4. The monoisotopic (exact) mass is 470 g/mol. The van der Waals surface area contributed by atoms with E-state index in [0.29, 0.717) is 17.6 Å². The lowest BCUT2D eigenvalue weighted by Gasteiger charge is -2.28. The Morgan fingerprint density at radius 3 is 2.57 bits per heavy atom. The second-order valence-corrected chi connectivity index (χ2v) is 9.59. The minimum absolute atomic E-state index is 0.224. The van der Waals surface area contributed by atoms with Crippen LogP contribution in [0.2, 0.25) is 0 Å². The number of aryl methyl sites for hydroxylation is 1. The number of amides is 1. The van der Waals surface area contributed by atoms with Crippen molar-refractivity contribution in [1.29, 1.82) is 5.26 Å². The molecule has 9 heteroatoms. The molecule has 0 bridgehead atoms. The minimum atomic E-state index is -0.413. The summed E-state index contributed by atoms with van der Waals surface area (Å²) in [7, 11) is 2.15. The van der Waals surface area contributed by atoms with E-state index in [4.69, 9.17) is 4.98 Å². The lowest BCUT2D eigenvalue weighted by Crippen LogP contribution is -2.35. The Morgan fingerprint density at radius 1 is 1.14 bits per heavy atom. The first-order valence-electron chi connectivity index (χ1n) is 12.1. The maximum atomic E-state index is 12.5. The van der Waals surface area contributed by atoms with Gasteiger partial charge in [0.25, 0.3) is 5.91 Å². The van der Waals surface area contributed by atoms with Crippen LogP contribution in [0.3, 0.4) is 0 Å². The molecule has 3 aromatic rings. The van der Waals surface area contributed by atoms with E-state index in [1.54, 1.807) is 18.3 Å². The van der Waals surface area contributed by atoms with Crippen LogP contribution in [0.15, 0.2) is 42.9 Å². The number of nitriles is 1. The molecule has 1 amide bonds. The van der Waals surface area contributed by atoms with E-state index in [2.05, 4.69) is 38.7 Å². The summed E-state index contributed by atoms with van der Waals surface area (Å²) in [5.74, 6) is 0.560. The Morgan fingerprint density at radius 2 is 1.89 bits per heavy atom. The van der Waals surface area contributed by atoms with Crippen molar-refractivity contribution in [3.05, 3.63) is 54.0 Å². The maximum Gasteiger partial charge on any atom is 0.252 e. The summed E-state index contributed by atoms with van der Waals surface area (Å²) in [4.78, 5) is 24.1. The Kier molecular flexibility index (Phi) is 6.47. The van der Waals surface area contributed by atoms with Gasteiger partial charge in [-0.3, -0.25) is 9.48 Å². The van der Waals surface area contributed by atoms with E-state index in [9.17, 15) is 10.1 Å². The van der Waals surface area contributed by atoms with Gasteiger partial charge in [-0.1, -0.05) is 12.1 Å². The Balaban J connectivity index is 1.27. The van der Waals surface area contributed by atoms with Crippen molar-refractivity contribution < 1.29 is 4.79 Å². The fraction of sp³-hybridized carbons (Fsp3) is 0.423. The lowest BCUT2D eigenvalue weighted by molar-refractivity contribution is 0.0942. The van der Waals surface area contributed by atoms with Gasteiger partial charge in [0.05, 0.1) is 29.7 Å². The number of aromatic nitrogens is 4. The van der Waals surface area contributed by atoms with Gasteiger partial charge in [0.2, 0.25) is 5.95 Å². The highest BCUT2D eigenvalue weighted by Gasteiger charge is 2.32. The molecule has 0 spiro atoms. The van der Waals surface area contributed by atoms with Crippen molar-refractivity contribution in [2.24, 2.45) is 5.92 Å². The molecular formula is C26H30N8O. The normalized spacial score (nSPS) is 17.5. The summed E-state index contributed by atoms with van der Waals surface area (Å²) in [5, 5.41) is 19.9. The van der Waals surface area contributed by atoms with Crippen molar-refractivity contribution >= 4 is 17.5 Å². The second kappa shape index (κ2) is 9.84. The summed E-state index contributed by atoms with van der Waals surface area (Å²) in [5.41, 5.74) is 4.01. The van der Waals surface area contributed by atoms with E-state index in [1.807, 2.05) is 36.1 Å². The number of nitrogens with zero attached hydrogens (tertiary/aromatic N) is 6. The van der Waals surface area contributed by atoms with Crippen molar-refractivity contribution in [3.8, 4) is 17.3 Å². The number of rotatable bonds is 7. The molecule has 9 nitrogen and oxygen atoms in total. The molecule has 1 aromatic carbocycles. The summed E-state index contributed by atoms with van der Waals surface area (Å²) < 4.78 is 2.04.